The Bertz CT molecular complexity index is 615. The number of hydrogen-bond donors (Lipinski definition) is 2. The van der Waals surface area contributed by atoms with Gasteiger partial charge in [0.2, 0.25) is 0 Å². The topological polar surface area (TPSA) is 57.5 Å². The van der Waals surface area contributed by atoms with E-state index >= 15 is 0 Å². The number of rotatable bonds is 4. The summed E-state index contributed by atoms with van der Waals surface area (Å²) in [5.41, 5.74) is 1.94. The van der Waals surface area contributed by atoms with Crippen molar-refractivity contribution in [3.8, 4) is 11.5 Å². The molecule has 0 unspecified atom stereocenters. The van der Waals surface area contributed by atoms with Crippen LogP contribution in [-0.2, 0) is 10.8 Å². The van der Waals surface area contributed by atoms with E-state index in [9.17, 15) is 9.32 Å². The molecule has 0 aliphatic rings. The summed E-state index contributed by atoms with van der Waals surface area (Å²) < 4.78 is 10.3. The molecule has 22 heavy (non-hydrogen) atoms. The molecule has 118 valence electrons. The van der Waals surface area contributed by atoms with Crippen LogP contribution < -0.4 is 0 Å². The highest BCUT2D eigenvalue weighted by atomic mass is 32.2. The zero-order valence-corrected chi connectivity index (χ0v) is 13.7. The van der Waals surface area contributed by atoms with Crippen molar-refractivity contribution in [3.63, 3.8) is 0 Å². The molecule has 0 amide bonds. The molecule has 0 spiro atoms. The molecule has 0 saturated carbocycles. The first-order valence-electron chi connectivity index (χ1n) is 7.16. The van der Waals surface area contributed by atoms with Crippen molar-refractivity contribution in [2.75, 3.05) is 11.5 Å². The minimum absolute atomic E-state index is 0.100. The Morgan fingerprint density at radius 3 is 1.95 bits per heavy atom. The summed E-state index contributed by atoms with van der Waals surface area (Å²) in [6.45, 7) is 3.86. The van der Waals surface area contributed by atoms with E-state index in [0.717, 1.165) is 22.6 Å². The Morgan fingerprint density at radius 1 is 0.864 bits per heavy atom. The monoisotopic (exact) mass is 318 g/mol. The second-order valence-electron chi connectivity index (χ2n) is 4.51. The highest BCUT2D eigenvalue weighted by molar-refractivity contribution is 7.84. The highest BCUT2D eigenvalue weighted by Gasteiger charge is 1.97. The molecular formula is C18H22O3S. The van der Waals surface area contributed by atoms with Crippen LogP contribution in [0.2, 0.25) is 0 Å². The fourth-order valence-corrected chi connectivity index (χ4v) is 2.01. The van der Waals surface area contributed by atoms with Crippen LogP contribution in [0, 0.1) is 0 Å². The van der Waals surface area contributed by atoms with E-state index in [-0.39, 0.29) is 11.5 Å². The van der Waals surface area contributed by atoms with Gasteiger partial charge in [0.05, 0.1) is 0 Å². The van der Waals surface area contributed by atoms with E-state index in [1.54, 1.807) is 6.07 Å². The van der Waals surface area contributed by atoms with Crippen molar-refractivity contribution in [2.45, 2.75) is 13.8 Å². The molecule has 0 aromatic heterocycles. The minimum atomic E-state index is -0.534. The summed E-state index contributed by atoms with van der Waals surface area (Å²) in [6, 6.07) is 14.6. The lowest BCUT2D eigenvalue weighted by molar-refractivity contribution is 0.403. The Morgan fingerprint density at radius 2 is 1.45 bits per heavy atom. The van der Waals surface area contributed by atoms with Crippen LogP contribution >= 0.6 is 0 Å². The highest BCUT2D eigenvalue weighted by Crippen LogP contribution is 2.25. The predicted molar refractivity (Wildman–Crippen MR) is 94.4 cm³/mol. The molecule has 2 aromatic rings. The van der Waals surface area contributed by atoms with Crippen molar-refractivity contribution in [1.82, 2.24) is 0 Å². The van der Waals surface area contributed by atoms with E-state index in [0.29, 0.717) is 0 Å². The third kappa shape index (κ3) is 6.59. The van der Waals surface area contributed by atoms with Crippen molar-refractivity contribution in [3.05, 3.63) is 59.7 Å². The van der Waals surface area contributed by atoms with Crippen LogP contribution in [0.15, 0.2) is 48.5 Å². The maximum atomic E-state index is 10.3. The molecule has 0 radical (unpaired) electrons. The van der Waals surface area contributed by atoms with Crippen molar-refractivity contribution >= 4 is 23.0 Å². The third-order valence-electron chi connectivity index (χ3n) is 2.91. The number of aromatic hydroxyl groups is 2. The van der Waals surface area contributed by atoms with Crippen LogP contribution in [0.1, 0.15) is 25.0 Å². The van der Waals surface area contributed by atoms with Crippen LogP contribution in [0.5, 0.6) is 11.5 Å². The third-order valence-corrected chi connectivity index (χ3v) is 4.20. The van der Waals surface area contributed by atoms with Crippen LogP contribution in [0.25, 0.3) is 12.2 Å². The molecule has 2 rings (SSSR count). The number of phenolic OH excluding ortho intramolecular Hbond substituents is 2. The normalized spacial score (nSPS) is 10.5. The quantitative estimate of drug-likeness (QED) is 0.660. The molecule has 2 N–H and O–H groups in total. The van der Waals surface area contributed by atoms with E-state index < -0.39 is 10.8 Å². The van der Waals surface area contributed by atoms with Crippen LogP contribution in [0.3, 0.4) is 0 Å². The van der Waals surface area contributed by atoms with E-state index in [4.69, 9.17) is 5.11 Å². The standard InChI is InChI=1S/C14H12O2.C4H10OS/c15-13-9-8-12(10-14(13)16)7-6-11-4-2-1-3-5-11;1-3-6(5)4-2/h1-10,15-16H;3-4H2,1-2H3/b7-6+;. The van der Waals surface area contributed by atoms with Crippen LogP contribution in [0.4, 0.5) is 0 Å². The molecular weight excluding hydrogens is 296 g/mol. The number of hydrogen-bond acceptors (Lipinski definition) is 3. The zero-order chi connectivity index (χ0) is 16.4. The van der Waals surface area contributed by atoms with Gasteiger partial charge in [0.1, 0.15) is 0 Å². The maximum Gasteiger partial charge on any atom is 0.157 e. The predicted octanol–water partition coefficient (Wildman–Crippen LogP) is 4.04. The van der Waals surface area contributed by atoms with Gasteiger partial charge in [-0.3, -0.25) is 4.21 Å². The summed E-state index contributed by atoms with van der Waals surface area (Å²) in [6.07, 6.45) is 3.83. The van der Waals surface area contributed by atoms with Gasteiger partial charge in [0, 0.05) is 22.3 Å². The van der Waals surface area contributed by atoms with Gasteiger partial charge in [-0.05, 0) is 23.3 Å². The summed E-state index contributed by atoms with van der Waals surface area (Å²) in [4.78, 5) is 0. The average molecular weight is 318 g/mol. The van der Waals surface area contributed by atoms with Crippen molar-refractivity contribution < 1.29 is 14.4 Å². The molecule has 0 aliphatic carbocycles. The van der Waals surface area contributed by atoms with E-state index in [1.807, 2.05) is 56.3 Å². The average Bonchev–Trinajstić information content (AvgIpc) is 2.56. The van der Waals surface area contributed by atoms with Gasteiger partial charge in [0.25, 0.3) is 0 Å². The summed E-state index contributed by atoms with van der Waals surface area (Å²) in [7, 11) is -0.534. The zero-order valence-electron chi connectivity index (χ0n) is 12.9. The van der Waals surface area contributed by atoms with Gasteiger partial charge in [-0.2, -0.15) is 0 Å². The lowest BCUT2D eigenvalue weighted by atomic mass is 10.1. The van der Waals surface area contributed by atoms with Gasteiger partial charge in [0.15, 0.2) is 11.5 Å². The molecule has 0 bridgehead atoms. The first-order valence-corrected chi connectivity index (χ1v) is 8.65. The molecule has 0 saturated heterocycles. The Hall–Kier alpha value is -2.07. The van der Waals surface area contributed by atoms with Gasteiger partial charge in [-0.1, -0.05) is 62.4 Å². The molecule has 0 fully saturated rings. The summed E-state index contributed by atoms with van der Waals surface area (Å²) in [5, 5.41) is 18.5. The first-order chi connectivity index (χ1) is 10.6. The van der Waals surface area contributed by atoms with Crippen LogP contribution in [-0.4, -0.2) is 25.9 Å². The SMILES string of the molecule is CCS(=O)CC.Oc1ccc(/C=C/c2ccccc2)cc1O. The maximum absolute atomic E-state index is 10.3. The summed E-state index contributed by atoms with van der Waals surface area (Å²) in [5.74, 6) is 1.40. The van der Waals surface area contributed by atoms with E-state index in [1.165, 1.54) is 12.1 Å². The number of phenols is 2. The molecule has 0 atom stereocenters. The lowest BCUT2D eigenvalue weighted by Crippen LogP contribution is -1.93. The molecule has 0 heterocycles. The van der Waals surface area contributed by atoms with Crippen molar-refractivity contribution in [1.29, 1.82) is 0 Å². The second kappa shape index (κ2) is 9.79. The second-order valence-corrected chi connectivity index (χ2v) is 6.54. The Labute approximate surface area is 134 Å². The van der Waals surface area contributed by atoms with Crippen molar-refractivity contribution in [2.24, 2.45) is 0 Å². The lowest BCUT2D eigenvalue weighted by Gasteiger charge is -1.98. The fraction of sp³-hybridized carbons (Fsp3) is 0.222. The smallest absolute Gasteiger partial charge is 0.157 e. The number of benzene rings is 2. The van der Waals surface area contributed by atoms with Gasteiger partial charge in [-0.25, -0.2) is 0 Å². The summed E-state index contributed by atoms with van der Waals surface area (Å²) >= 11 is 0. The molecule has 4 heteroatoms. The van der Waals surface area contributed by atoms with E-state index in [2.05, 4.69) is 0 Å². The first kappa shape index (κ1) is 18.0. The fourth-order valence-electron chi connectivity index (χ4n) is 1.60. The Balaban J connectivity index is 0.000000346. The largest absolute Gasteiger partial charge is 0.504 e. The molecule has 3 nitrogen and oxygen atoms in total. The van der Waals surface area contributed by atoms with Gasteiger partial charge < -0.3 is 10.2 Å². The Kier molecular flexibility index (Phi) is 8.00. The van der Waals surface area contributed by atoms with Gasteiger partial charge >= 0.3 is 0 Å². The molecule has 2 aromatic carbocycles. The van der Waals surface area contributed by atoms with Gasteiger partial charge in [-0.15, -0.1) is 0 Å². The minimum Gasteiger partial charge on any atom is -0.504 e. The molecule has 0 aliphatic heterocycles.